The number of furan rings is 1. The second-order valence-corrected chi connectivity index (χ2v) is 8.78. The average Bonchev–Trinajstić information content (AvgIpc) is 3.23. The van der Waals surface area contributed by atoms with Crippen LogP contribution in [0, 0.1) is 0 Å². The number of hydrogen-bond donors (Lipinski definition) is 1. The van der Waals surface area contributed by atoms with Gasteiger partial charge in [0.2, 0.25) is 6.17 Å². The molecule has 2 aliphatic rings. The molecule has 0 bridgehead atoms. The summed E-state index contributed by atoms with van der Waals surface area (Å²) < 4.78 is 6.99. The highest BCUT2D eigenvalue weighted by Gasteiger charge is 2.35. The molecule has 0 saturated heterocycles. The average molecular weight is 502 g/mol. The van der Waals surface area contributed by atoms with Crippen molar-refractivity contribution < 1.29 is 9.21 Å². The van der Waals surface area contributed by atoms with E-state index in [1.807, 2.05) is 60.9 Å². The fraction of sp³-hybridized carbons (Fsp3) is 0.0952. The molecule has 0 saturated carbocycles. The Morgan fingerprint density at radius 2 is 1.97 bits per heavy atom. The lowest BCUT2D eigenvalue weighted by Gasteiger charge is -2.32. The summed E-state index contributed by atoms with van der Waals surface area (Å²) in [4.78, 5) is 17.8. The van der Waals surface area contributed by atoms with E-state index in [4.69, 9.17) is 21.0 Å². The van der Waals surface area contributed by atoms with E-state index in [0.717, 1.165) is 10.0 Å². The molecular weight excluding hydrogens is 488 g/mol. The molecule has 2 aromatic carbocycles. The van der Waals surface area contributed by atoms with Crippen LogP contribution in [-0.2, 0) is 4.79 Å². The Labute approximate surface area is 189 Å². The van der Waals surface area contributed by atoms with Gasteiger partial charge in [0.1, 0.15) is 11.5 Å². The van der Waals surface area contributed by atoms with Crippen LogP contribution >= 0.6 is 39.3 Å². The van der Waals surface area contributed by atoms with Gasteiger partial charge < -0.3 is 4.42 Å². The number of thioether (sulfide) groups is 1. The Balaban J connectivity index is 1.66. The van der Waals surface area contributed by atoms with E-state index in [9.17, 15) is 4.79 Å². The van der Waals surface area contributed by atoms with Crippen molar-refractivity contribution in [2.24, 2.45) is 10.1 Å². The molecule has 0 aliphatic carbocycles. The largest absolute Gasteiger partial charge is 0.457 e. The molecule has 1 aromatic heterocycles. The van der Waals surface area contributed by atoms with Crippen molar-refractivity contribution in [1.82, 2.24) is 10.3 Å². The van der Waals surface area contributed by atoms with Crippen molar-refractivity contribution in [2.75, 3.05) is 6.26 Å². The van der Waals surface area contributed by atoms with Crippen molar-refractivity contribution >= 4 is 56.1 Å². The van der Waals surface area contributed by atoms with Gasteiger partial charge in [0.15, 0.2) is 10.9 Å². The molecule has 1 N–H and O–H groups in total. The minimum absolute atomic E-state index is 0.224. The maximum atomic E-state index is 12.9. The zero-order valence-electron chi connectivity index (χ0n) is 15.6. The van der Waals surface area contributed by atoms with E-state index >= 15 is 0 Å². The van der Waals surface area contributed by atoms with E-state index in [1.165, 1.54) is 11.8 Å². The van der Waals surface area contributed by atoms with Gasteiger partial charge in [-0.05, 0) is 60.9 Å². The number of benzene rings is 2. The van der Waals surface area contributed by atoms with Crippen molar-refractivity contribution in [1.29, 1.82) is 0 Å². The third-order valence-corrected chi connectivity index (χ3v) is 6.09. The van der Waals surface area contributed by atoms with E-state index in [1.54, 1.807) is 5.01 Å². The lowest BCUT2D eigenvalue weighted by atomic mass is 10.1. The van der Waals surface area contributed by atoms with Crippen LogP contribution in [0.25, 0.3) is 17.0 Å². The Kier molecular flexibility index (Phi) is 4.92. The lowest BCUT2D eigenvalue weighted by Crippen LogP contribution is -2.50. The molecule has 30 heavy (non-hydrogen) atoms. The number of halogens is 2. The fourth-order valence-corrected chi connectivity index (χ4v) is 4.24. The first-order chi connectivity index (χ1) is 14.5. The summed E-state index contributed by atoms with van der Waals surface area (Å²) in [5, 5.41) is 11.7. The molecule has 2 aliphatic heterocycles. The van der Waals surface area contributed by atoms with Gasteiger partial charge in [0.25, 0.3) is 5.91 Å². The van der Waals surface area contributed by atoms with E-state index < -0.39 is 6.17 Å². The fourth-order valence-electron chi connectivity index (χ4n) is 3.39. The highest BCUT2D eigenvalue weighted by Crippen LogP contribution is 2.34. The molecular formula is C21H14BrClN4O2S. The van der Waals surface area contributed by atoms with E-state index in [2.05, 4.69) is 26.3 Å². The van der Waals surface area contributed by atoms with Crippen LogP contribution in [0.5, 0.6) is 0 Å². The summed E-state index contributed by atoms with van der Waals surface area (Å²) in [6, 6.07) is 16.8. The summed E-state index contributed by atoms with van der Waals surface area (Å²) in [6.45, 7) is 0. The molecule has 150 valence electrons. The van der Waals surface area contributed by atoms with Crippen LogP contribution in [0.1, 0.15) is 11.9 Å². The SMILES string of the molecule is CSC1=NN2C(=c3cc(Br)ccc3=NC2c2ccc(-c3ccc(Cl)cc3)o2)C(=O)N1. The van der Waals surface area contributed by atoms with Crippen LogP contribution in [0.15, 0.2) is 73.6 Å². The predicted octanol–water partition coefficient (Wildman–Crippen LogP) is 3.87. The summed E-state index contributed by atoms with van der Waals surface area (Å²) in [5.41, 5.74) is 1.34. The first-order valence-corrected chi connectivity index (χ1v) is 11.4. The summed E-state index contributed by atoms with van der Waals surface area (Å²) in [6.07, 6.45) is 1.26. The lowest BCUT2D eigenvalue weighted by molar-refractivity contribution is -0.116. The molecule has 5 rings (SSSR count). The third-order valence-electron chi connectivity index (χ3n) is 4.77. The second-order valence-electron chi connectivity index (χ2n) is 6.63. The van der Waals surface area contributed by atoms with Gasteiger partial charge >= 0.3 is 0 Å². The van der Waals surface area contributed by atoms with Gasteiger partial charge in [0.05, 0.1) is 5.36 Å². The maximum Gasteiger partial charge on any atom is 0.276 e. The van der Waals surface area contributed by atoms with Crippen LogP contribution in [-0.4, -0.2) is 22.3 Å². The second kappa shape index (κ2) is 7.61. The highest BCUT2D eigenvalue weighted by atomic mass is 79.9. The Morgan fingerprint density at radius 1 is 1.17 bits per heavy atom. The van der Waals surface area contributed by atoms with E-state index in [0.29, 0.717) is 38.0 Å². The smallest absolute Gasteiger partial charge is 0.276 e. The first-order valence-electron chi connectivity index (χ1n) is 9.00. The molecule has 1 unspecified atom stereocenters. The van der Waals surface area contributed by atoms with E-state index in [-0.39, 0.29) is 5.91 Å². The number of rotatable bonds is 2. The first kappa shape index (κ1) is 19.4. The zero-order chi connectivity index (χ0) is 20.8. The van der Waals surface area contributed by atoms with Gasteiger partial charge in [-0.1, -0.05) is 39.3 Å². The molecule has 3 heterocycles. The monoisotopic (exact) mass is 500 g/mol. The number of fused-ring (bicyclic) bond motifs is 2. The number of carbonyl (C=O) groups excluding carboxylic acids is 1. The number of hydrazone groups is 1. The third kappa shape index (κ3) is 3.34. The van der Waals surface area contributed by atoms with Crippen molar-refractivity contribution in [3.05, 3.63) is 80.4 Å². The standard InChI is InChI=1S/C21H14BrClN4O2S/c1-30-21-25-20(28)18-14-10-12(22)4-7-15(14)24-19(27(18)26-21)17-9-8-16(29-17)11-2-5-13(23)6-3-11/h2-10,19H,1H3,(H,25,26,28). The van der Waals surface area contributed by atoms with Crippen LogP contribution in [0.4, 0.5) is 0 Å². The summed E-state index contributed by atoms with van der Waals surface area (Å²) in [5.74, 6) is 1.05. The number of nitrogens with one attached hydrogen (secondary N) is 1. The molecule has 9 heteroatoms. The Hall–Kier alpha value is -2.55. The minimum atomic E-state index is -0.595. The zero-order valence-corrected chi connectivity index (χ0v) is 18.8. The topological polar surface area (TPSA) is 70.2 Å². The normalized spacial score (nSPS) is 17.6. The molecule has 0 spiro atoms. The van der Waals surface area contributed by atoms with Gasteiger partial charge in [-0.2, -0.15) is 0 Å². The van der Waals surface area contributed by atoms with Gasteiger partial charge in [0, 0.05) is 20.3 Å². The number of amidine groups is 1. The number of hydrogen-bond acceptors (Lipinski definition) is 6. The highest BCUT2D eigenvalue weighted by molar-refractivity contribution is 9.10. The van der Waals surface area contributed by atoms with Gasteiger partial charge in [-0.3, -0.25) is 10.1 Å². The van der Waals surface area contributed by atoms with Crippen LogP contribution in [0.2, 0.25) is 5.02 Å². The minimum Gasteiger partial charge on any atom is -0.457 e. The molecule has 0 fully saturated rings. The number of carbonyl (C=O) groups is 1. The number of amides is 1. The Bertz CT molecular complexity index is 1320. The van der Waals surface area contributed by atoms with Gasteiger partial charge in [-0.15, -0.1) is 5.10 Å². The van der Waals surface area contributed by atoms with Crippen LogP contribution in [0.3, 0.4) is 0 Å². The molecule has 1 amide bonds. The van der Waals surface area contributed by atoms with Gasteiger partial charge in [-0.25, -0.2) is 10.0 Å². The quantitative estimate of drug-likeness (QED) is 0.579. The maximum absolute atomic E-state index is 12.9. The molecule has 3 aromatic rings. The number of nitrogens with zero attached hydrogens (tertiary/aromatic N) is 3. The van der Waals surface area contributed by atoms with Crippen molar-refractivity contribution in [2.45, 2.75) is 6.17 Å². The molecule has 6 nitrogen and oxygen atoms in total. The molecule has 1 atom stereocenters. The van der Waals surface area contributed by atoms with Crippen LogP contribution < -0.4 is 15.9 Å². The summed E-state index contributed by atoms with van der Waals surface area (Å²) >= 11 is 10.8. The molecule has 0 radical (unpaired) electrons. The summed E-state index contributed by atoms with van der Waals surface area (Å²) in [7, 11) is 0. The van der Waals surface area contributed by atoms with Crippen molar-refractivity contribution in [3.8, 4) is 11.3 Å². The Morgan fingerprint density at radius 3 is 2.73 bits per heavy atom. The van der Waals surface area contributed by atoms with Crippen molar-refractivity contribution in [3.63, 3.8) is 0 Å². The predicted molar refractivity (Wildman–Crippen MR) is 121 cm³/mol.